The lowest BCUT2D eigenvalue weighted by atomic mass is 9.91. The highest BCUT2D eigenvalue weighted by Crippen LogP contribution is 2.48. The lowest BCUT2D eigenvalue weighted by Crippen LogP contribution is -2.20. The van der Waals surface area contributed by atoms with Gasteiger partial charge in [-0.3, -0.25) is 4.79 Å². The third kappa shape index (κ3) is 3.03. The quantitative estimate of drug-likeness (QED) is 0.761. The largest absolute Gasteiger partial charge is 0.416 e. The Bertz CT molecular complexity index is 506. The van der Waals surface area contributed by atoms with E-state index in [0.29, 0.717) is 30.5 Å². The minimum absolute atomic E-state index is 0. The number of likely N-dealkylation sites (tertiary alicyclic amines) is 1. The summed E-state index contributed by atoms with van der Waals surface area (Å²) in [5.74, 6) is 0.676. The predicted molar refractivity (Wildman–Crippen MR) is 75.3 cm³/mol. The van der Waals surface area contributed by atoms with Gasteiger partial charge in [0.1, 0.15) is 0 Å². The van der Waals surface area contributed by atoms with Gasteiger partial charge in [0.15, 0.2) is 0 Å². The SMILES string of the molecule is Cl.O=CN1C[C@H]2C[C@@H](c3ccccc3C(F)(F)F)C[C@H]2C1. The second-order valence-electron chi connectivity index (χ2n) is 5.83. The van der Waals surface area contributed by atoms with Gasteiger partial charge in [0.2, 0.25) is 6.41 Å². The van der Waals surface area contributed by atoms with Crippen LogP contribution in [0.3, 0.4) is 0 Å². The van der Waals surface area contributed by atoms with Gasteiger partial charge in [0.25, 0.3) is 0 Å². The van der Waals surface area contributed by atoms with Crippen molar-refractivity contribution in [2.75, 3.05) is 13.1 Å². The Hall–Kier alpha value is -1.23. The summed E-state index contributed by atoms with van der Waals surface area (Å²) in [5, 5.41) is 0. The fourth-order valence-electron chi connectivity index (χ4n) is 3.79. The van der Waals surface area contributed by atoms with Crippen molar-refractivity contribution in [1.82, 2.24) is 4.90 Å². The zero-order valence-electron chi connectivity index (χ0n) is 11.3. The fraction of sp³-hybridized carbons (Fsp3) is 0.533. The van der Waals surface area contributed by atoms with Crippen molar-refractivity contribution in [3.05, 3.63) is 35.4 Å². The van der Waals surface area contributed by atoms with Crippen LogP contribution in [0.25, 0.3) is 0 Å². The molecule has 21 heavy (non-hydrogen) atoms. The van der Waals surface area contributed by atoms with Crippen molar-refractivity contribution in [2.45, 2.75) is 24.9 Å². The molecule has 6 heteroatoms. The number of carbonyl (C=O) groups excluding carboxylic acids is 1. The molecule has 2 nitrogen and oxygen atoms in total. The van der Waals surface area contributed by atoms with E-state index in [1.807, 2.05) is 0 Å². The number of halogens is 4. The monoisotopic (exact) mass is 319 g/mol. The van der Waals surface area contributed by atoms with Crippen LogP contribution in [-0.4, -0.2) is 24.4 Å². The minimum Gasteiger partial charge on any atom is -0.345 e. The summed E-state index contributed by atoms with van der Waals surface area (Å²) < 4.78 is 39.2. The molecule has 0 aromatic heterocycles. The zero-order chi connectivity index (χ0) is 14.3. The Kier molecular flexibility index (Phi) is 4.51. The molecule has 2 fully saturated rings. The number of hydrogen-bond donors (Lipinski definition) is 0. The molecule has 3 atom stereocenters. The summed E-state index contributed by atoms with van der Waals surface area (Å²) in [4.78, 5) is 12.5. The van der Waals surface area contributed by atoms with Crippen molar-refractivity contribution in [2.24, 2.45) is 11.8 Å². The average Bonchev–Trinajstić information content (AvgIpc) is 2.95. The number of alkyl halides is 3. The van der Waals surface area contributed by atoms with Crippen molar-refractivity contribution in [3.8, 4) is 0 Å². The van der Waals surface area contributed by atoms with Gasteiger partial charge in [-0.2, -0.15) is 13.2 Å². The third-order valence-electron chi connectivity index (χ3n) is 4.63. The van der Waals surface area contributed by atoms with Gasteiger partial charge < -0.3 is 4.90 Å². The van der Waals surface area contributed by atoms with Crippen LogP contribution in [-0.2, 0) is 11.0 Å². The van der Waals surface area contributed by atoms with Gasteiger partial charge >= 0.3 is 6.18 Å². The van der Waals surface area contributed by atoms with Crippen LogP contribution in [0.1, 0.15) is 29.9 Å². The maximum atomic E-state index is 13.1. The van der Waals surface area contributed by atoms with Gasteiger partial charge in [-0.15, -0.1) is 12.4 Å². The molecule has 0 N–H and O–H groups in total. The van der Waals surface area contributed by atoms with Gasteiger partial charge in [-0.25, -0.2) is 0 Å². The highest BCUT2D eigenvalue weighted by molar-refractivity contribution is 5.85. The van der Waals surface area contributed by atoms with Crippen LogP contribution < -0.4 is 0 Å². The highest BCUT2D eigenvalue weighted by atomic mass is 35.5. The van der Waals surface area contributed by atoms with E-state index in [2.05, 4.69) is 0 Å². The van der Waals surface area contributed by atoms with Gasteiger partial charge in [-0.05, 0) is 42.2 Å². The van der Waals surface area contributed by atoms with Gasteiger partial charge in [-0.1, -0.05) is 18.2 Å². The molecule has 1 saturated heterocycles. The zero-order valence-corrected chi connectivity index (χ0v) is 12.2. The first-order valence-corrected chi connectivity index (χ1v) is 6.84. The van der Waals surface area contributed by atoms with Crippen molar-refractivity contribution in [1.29, 1.82) is 0 Å². The number of carbonyl (C=O) groups is 1. The Labute approximate surface area is 127 Å². The Morgan fingerprint density at radius 2 is 1.67 bits per heavy atom. The first-order valence-electron chi connectivity index (χ1n) is 6.84. The lowest BCUT2D eigenvalue weighted by molar-refractivity contribution is -0.138. The second-order valence-corrected chi connectivity index (χ2v) is 5.83. The standard InChI is InChI=1S/C15H16F3NO.ClH/c16-15(17,18)14-4-2-1-3-13(14)10-5-11-7-19(9-20)8-12(11)6-10;/h1-4,9-12H,5-8H2;1H/t10-,11-,12+;. The summed E-state index contributed by atoms with van der Waals surface area (Å²) in [5.41, 5.74) is -0.0794. The Morgan fingerprint density at radius 3 is 2.19 bits per heavy atom. The molecular formula is C15H17ClF3NO. The van der Waals surface area contributed by atoms with E-state index in [-0.39, 0.29) is 18.3 Å². The summed E-state index contributed by atoms with van der Waals surface area (Å²) in [6.45, 7) is 1.39. The van der Waals surface area contributed by atoms with E-state index in [0.717, 1.165) is 19.3 Å². The van der Waals surface area contributed by atoms with Crippen LogP contribution in [0, 0.1) is 11.8 Å². The van der Waals surface area contributed by atoms with E-state index in [9.17, 15) is 18.0 Å². The highest BCUT2D eigenvalue weighted by Gasteiger charge is 2.43. The van der Waals surface area contributed by atoms with Crippen LogP contribution in [0.15, 0.2) is 24.3 Å². The molecule has 0 radical (unpaired) electrons. The normalized spacial score (nSPS) is 28.1. The summed E-state index contributed by atoms with van der Waals surface area (Å²) in [6.07, 6.45) is -1.94. The van der Waals surface area contributed by atoms with Crippen LogP contribution in [0.2, 0.25) is 0 Å². The molecule has 1 aromatic carbocycles. The predicted octanol–water partition coefficient (Wildman–Crippen LogP) is 3.71. The van der Waals surface area contributed by atoms with Crippen molar-refractivity contribution in [3.63, 3.8) is 0 Å². The van der Waals surface area contributed by atoms with Crippen LogP contribution in [0.4, 0.5) is 13.2 Å². The molecule has 0 spiro atoms. The first kappa shape index (κ1) is 16.1. The number of nitrogens with zero attached hydrogens (tertiary/aromatic N) is 1. The minimum atomic E-state index is -4.29. The number of fused-ring (bicyclic) bond motifs is 1. The summed E-state index contributed by atoms with van der Waals surface area (Å²) in [6, 6.07) is 5.89. The summed E-state index contributed by atoms with van der Waals surface area (Å²) in [7, 11) is 0. The molecule has 1 saturated carbocycles. The van der Waals surface area contributed by atoms with E-state index in [1.54, 1.807) is 17.0 Å². The topological polar surface area (TPSA) is 20.3 Å². The molecule has 1 aliphatic heterocycles. The molecule has 0 bridgehead atoms. The molecule has 1 heterocycles. The number of amides is 1. The first-order chi connectivity index (χ1) is 9.49. The van der Waals surface area contributed by atoms with E-state index in [1.165, 1.54) is 12.1 Å². The van der Waals surface area contributed by atoms with Crippen molar-refractivity contribution >= 4 is 18.8 Å². The lowest BCUT2D eigenvalue weighted by Gasteiger charge is -2.19. The molecule has 3 rings (SSSR count). The van der Waals surface area contributed by atoms with E-state index < -0.39 is 11.7 Å². The fourth-order valence-corrected chi connectivity index (χ4v) is 3.79. The molecule has 1 aromatic rings. The smallest absolute Gasteiger partial charge is 0.345 e. The molecule has 1 aliphatic carbocycles. The van der Waals surface area contributed by atoms with Gasteiger partial charge in [0, 0.05) is 13.1 Å². The number of hydrogen-bond acceptors (Lipinski definition) is 1. The van der Waals surface area contributed by atoms with E-state index in [4.69, 9.17) is 0 Å². The summed E-state index contributed by atoms with van der Waals surface area (Å²) >= 11 is 0. The number of benzene rings is 1. The molecule has 1 amide bonds. The molecular weight excluding hydrogens is 303 g/mol. The molecule has 2 aliphatic rings. The molecule has 116 valence electrons. The van der Waals surface area contributed by atoms with Crippen LogP contribution >= 0.6 is 12.4 Å². The van der Waals surface area contributed by atoms with Crippen molar-refractivity contribution < 1.29 is 18.0 Å². The third-order valence-corrected chi connectivity index (χ3v) is 4.63. The Balaban J connectivity index is 0.00000161. The Morgan fingerprint density at radius 1 is 1.10 bits per heavy atom. The number of rotatable bonds is 2. The second kappa shape index (κ2) is 5.87. The average molecular weight is 320 g/mol. The maximum absolute atomic E-state index is 13.1. The van der Waals surface area contributed by atoms with Crippen LogP contribution in [0.5, 0.6) is 0 Å². The van der Waals surface area contributed by atoms with Gasteiger partial charge in [0.05, 0.1) is 5.56 Å². The molecule has 0 unspecified atom stereocenters. The maximum Gasteiger partial charge on any atom is 0.416 e. The van der Waals surface area contributed by atoms with E-state index >= 15 is 0 Å².